The van der Waals surface area contributed by atoms with Gasteiger partial charge in [-0.1, -0.05) is 13.8 Å². The molecule has 0 aliphatic carbocycles. The van der Waals surface area contributed by atoms with Crippen LogP contribution in [0.2, 0.25) is 0 Å². The second-order valence-electron chi connectivity index (χ2n) is 6.55. The maximum Gasteiger partial charge on any atom is 0.410 e. The highest BCUT2D eigenvalue weighted by Gasteiger charge is 2.40. The monoisotopic (exact) mass is 301 g/mol. The number of carbonyl (C=O) groups is 2. The Morgan fingerprint density at radius 1 is 1.10 bits per heavy atom. The molecule has 0 radical (unpaired) electrons. The van der Waals surface area contributed by atoms with Crippen LogP contribution >= 0.6 is 0 Å². The van der Waals surface area contributed by atoms with Crippen LogP contribution in [0.25, 0.3) is 0 Å². The largest absolute Gasteiger partial charge is 0.505 e. The summed E-state index contributed by atoms with van der Waals surface area (Å²) in [5.74, 6) is -0.594. The van der Waals surface area contributed by atoms with Gasteiger partial charge in [0.1, 0.15) is 5.60 Å². The molecular formula is C15H27NO5. The smallest absolute Gasteiger partial charge is 0.410 e. The van der Waals surface area contributed by atoms with E-state index in [1.54, 1.807) is 54.8 Å². The summed E-state index contributed by atoms with van der Waals surface area (Å²) in [5, 5.41) is 0. The van der Waals surface area contributed by atoms with E-state index < -0.39 is 29.2 Å². The van der Waals surface area contributed by atoms with E-state index >= 15 is 0 Å². The van der Waals surface area contributed by atoms with Gasteiger partial charge in [0.2, 0.25) is 6.10 Å². The molecule has 6 heteroatoms. The minimum atomic E-state index is -1.07. The summed E-state index contributed by atoms with van der Waals surface area (Å²) < 4.78 is 15.5. The van der Waals surface area contributed by atoms with Crippen LogP contribution in [0, 0.1) is 5.41 Å². The number of methoxy groups -OCH3 is 1. The van der Waals surface area contributed by atoms with Crippen LogP contribution in [-0.4, -0.2) is 49.9 Å². The average Bonchev–Trinajstić information content (AvgIpc) is 2.30. The van der Waals surface area contributed by atoms with Crippen molar-refractivity contribution in [2.24, 2.45) is 5.41 Å². The van der Waals surface area contributed by atoms with Crippen LogP contribution in [0.1, 0.15) is 34.6 Å². The molecule has 0 aromatic carbocycles. The van der Waals surface area contributed by atoms with Crippen LogP contribution in [0.5, 0.6) is 0 Å². The fourth-order valence-electron chi connectivity index (χ4n) is 1.40. The third-order valence-corrected chi connectivity index (χ3v) is 2.51. The molecule has 0 aromatic heterocycles. The number of nitrogens with zero attached hydrogens (tertiary/aromatic N) is 1. The molecule has 1 unspecified atom stereocenters. The summed E-state index contributed by atoms with van der Waals surface area (Å²) in [7, 11) is 4.60. The summed E-state index contributed by atoms with van der Waals surface area (Å²) in [6.07, 6.45) is 1.42. The van der Waals surface area contributed by atoms with Gasteiger partial charge in [-0.05, 0) is 26.8 Å². The number of ether oxygens (including phenoxy) is 3. The van der Waals surface area contributed by atoms with Crippen LogP contribution in [0.15, 0.2) is 12.3 Å². The zero-order valence-electron chi connectivity index (χ0n) is 14.2. The van der Waals surface area contributed by atoms with Gasteiger partial charge in [-0.25, -0.2) is 9.59 Å². The van der Waals surface area contributed by atoms with Crippen molar-refractivity contribution in [2.75, 3.05) is 21.2 Å². The highest BCUT2D eigenvalue weighted by atomic mass is 16.6. The second-order valence-corrected chi connectivity index (χ2v) is 6.55. The minimum Gasteiger partial charge on any atom is -0.505 e. The summed E-state index contributed by atoms with van der Waals surface area (Å²) >= 11 is 0. The topological polar surface area (TPSA) is 65.1 Å². The minimum absolute atomic E-state index is 0.594. The van der Waals surface area contributed by atoms with Crippen molar-refractivity contribution in [2.45, 2.75) is 46.3 Å². The third-order valence-electron chi connectivity index (χ3n) is 2.51. The molecule has 0 N–H and O–H groups in total. The first kappa shape index (κ1) is 19.3. The second kappa shape index (κ2) is 7.33. The van der Waals surface area contributed by atoms with Gasteiger partial charge < -0.3 is 19.1 Å². The van der Waals surface area contributed by atoms with Gasteiger partial charge in [0.15, 0.2) is 0 Å². The third kappa shape index (κ3) is 7.02. The molecule has 6 nitrogen and oxygen atoms in total. The maximum atomic E-state index is 12.3. The molecule has 0 saturated carbocycles. The van der Waals surface area contributed by atoms with E-state index in [-0.39, 0.29) is 0 Å². The van der Waals surface area contributed by atoms with E-state index in [4.69, 9.17) is 14.2 Å². The van der Waals surface area contributed by atoms with Gasteiger partial charge in [0, 0.05) is 19.5 Å². The number of amides is 1. The van der Waals surface area contributed by atoms with Crippen molar-refractivity contribution in [1.29, 1.82) is 0 Å². The number of esters is 1. The van der Waals surface area contributed by atoms with Crippen molar-refractivity contribution < 1.29 is 23.8 Å². The molecule has 0 aliphatic rings. The molecule has 0 aromatic rings. The Kier molecular flexibility index (Phi) is 6.73. The van der Waals surface area contributed by atoms with Gasteiger partial charge in [0.05, 0.1) is 13.4 Å². The summed E-state index contributed by atoms with van der Waals surface area (Å²) in [6.45, 7) is 8.80. The molecular weight excluding hydrogens is 274 g/mol. The normalized spacial score (nSPS) is 13.7. The Labute approximate surface area is 127 Å². The number of hydrogen-bond acceptors (Lipinski definition) is 5. The molecule has 122 valence electrons. The van der Waals surface area contributed by atoms with E-state index in [1.165, 1.54) is 18.3 Å². The van der Waals surface area contributed by atoms with Crippen LogP contribution in [0.4, 0.5) is 4.79 Å². The summed E-state index contributed by atoms with van der Waals surface area (Å²) in [4.78, 5) is 25.4. The zero-order chi connectivity index (χ0) is 16.8. The number of hydrogen-bond donors (Lipinski definition) is 0. The fraction of sp³-hybridized carbons (Fsp3) is 0.733. The predicted octanol–water partition coefficient (Wildman–Crippen LogP) is 2.58. The van der Waals surface area contributed by atoms with Gasteiger partial charge in [-0.3, -0.25) is 0 Å². The fourth-order valence-corrected chi connectivity index (χ4v) is 1.40. The zero-order valence-corrected chi connectivity index (χ0v) is 14.2. The highest BCUT2D eigenvalue weighted by molar-refractivity contribution is 5.80. The summed E-state index contributed by atoms with van der Waals surface area (Å²) in [6, 6.07) is 0. The summed E-state index contributed by atoms with van der Waals surface area (Å²) in [5.41, 5.74) is -1.44. The van der Waals surface area contributed by atoms with Crippen molar-refractivity contribution in [3.8, 4) is 0 Å². The first-order chi connectivity index (χ1) is 9.40. The molecule has 0 rings (SSSR count). The molecule has 0 fully saturated rings. The SMILES string of the molecule is CO/C=C/C(C)(C)C(OC(=O)N(C)C)C(=O)OC(C)(C)C. The van der Waals surface area contributed by atoms with Gasteiger partial charge in [0.25, 0.3) is 0 Å². The predicted molar refractivity (Wildman–Crippen MR) is 79.7 cm³/mol. The number of rotatable bonds is 5. The lowest BCUT2D eigenvalue weighted by atomic mass is 9.86. The first-order valence-electron chi connectivity index (χ1n) is 6.72. The molecule has 1 atom stereocenters. The van der Waals surface area contributed by atoms with E-state index in [1.807, 2.05) is 0 Å². The van der Waals surface area contributed by atoms with Crippen molar-refractivity contribution >= 4 is 12.1 Å². The molecule has 21 heavy (non-hydrogen) atoms. The number of carbonyl (C=O) groups excluding carboxylic acids is 2. The lowest BCUT2D eigenvalue weighted by Crippen LogP contribution is -2.45. The van der Waals surface area contributed by atoms with Crippen molar-refractivity contribution in [3.63, 3.8) is 0 Å². The van der Waals surface area contributed by atoms with E-state index in [0.717, 1.165) is 0 Å². The average molecular weight is 301 g/mol. The van der Waals surface area contributed by atoms with Crippen LogP contribution < -0.4 is 0 Å². The van der Waals surface area contributed by atoms with Gasteiger partial charge in [-0.15, -0.1) is 0 Å². The lowest BCUT2D eigenvalue weighted by Gasteiger charge is -2.32. The molecule has 0 heterocycles. The Bertz CT molecular complexity index is 393. The van der Waals surface area contributed by atoms with Crippen molar-refractivity contribution in [3.05, 3.63) is 12.3 Å². The first-order valence-corrected chi connectivity index (χ1v) is 6.72. The molecule has 1 amide bonds. The Hall–Kier alpha value is -1.72. The van der Waals surface area contributed by atoms with Gasteiger partial charge >= 0.3 is 12.1 Å². The Morgan fingerprint density at radius 3 is 2.00 bits per heavy atom. The van der Waals surface area contributed by atoms with Crippen LogP contribution in [-0.2, 0) is 19.0 Å². The Morgan fingerprint density at radius 2 is 1.62 bits per heavy atom. The van der Waals surface area contributed by atoms with Gasteiger partial charge in [-0.2, -0.15) is 0 Å². The van der Waals surface area contributed by atoms with Crippen molar-refractivity contribution in [1.82, 2.24) is 4.90 Å². The molecule has 0 aliphatic heterocycles. The maximum absolute atomic E-state index is 12.3. The highest BCUT2D eigenvalue weighted by Crippen LogP contribution is 2.28. The quantitative estimate of drug-likeness (QED) is 0.577. The standard InChI is InChI=1S/C15H27NO5/c1-14(2,3)21-12(17)11(20-13(18)16(6)7)15(4,5)9-10-19-8/h9-11H,1-8H3/b10-9+. The molecule has 0 bridgehead atoms. The van der Waals surface area contributed by atoms with E-state index in [2.05, 4.69) is 0 Å². The van der Waals surface area contributed by atoms with E-state index in [0.29, 0.717) is 0 Å². The molecule has 0 spiro atoms. The van der Waals surface area contributed by atoms with Crippen LogP contribution in [0.3, 0.4) is 0 Å². The molecule has 0 saturated heterocycles. The lowest BCUT2D eigenvalue weighted by molar-refractivity contribution is -0.170. The Balaban J connectivity index is 5.32. The van der Waals surface area contributed by atoms with E-state index in [9.17, 15) is 9.59 Å².